The third kappa shape index (κ3) is 7.73. The van der Waals surface area contributed by atoms with Crippen LogP contribution in [0.3, 0.4) is 0 Å². The minimum atomic E-state index is 0.100. The van der Waals surface area contributed by atoms with Crippen molar-refractivity contribution in [3.8, 4) is 11.8 Å². The van der Waals surface area contributed by atoms with Crippen molar-refractivity contribution in [3.05, 3.63) is 0 Å². The van der Waals surface area contributed by atoms with Gasteiger partial charge in [-0.05, 0) is 20.3 Å². The second-order valence-electron chi connectivity index (χ2n) is 4.68. The molecule has 0 aromatic rings. The molecule has 1 atom stereocenters. The number of hydrogen-bond acceptors (Lipinski definition) is 2. The molecule has 0 saturated carbocycles. The molecule has 2 nitrogen and oxygen atoms in total. The molecule has 0 saturated heterocycles. The van der Waals surface area contributed by atoms with Gasteiger partial charge >= 0.3 is 0 Å². The van der Waals surface area contributed by atoms with E-state index >= 15 is 0 Å². The largest absolute Gasteiger partial charge is 0.329 e. The molecule has 0 aliphatic carbocycles. The summed E-state index contributed by atoms with van der Waals surface area (Å²) in [5, 5.41) is 3.53. The van der Waals surface area contributed by atoms with Gasteiger partial charge in [0.1, 0.15) is 0 Å². The van der Waals surface area contributed by atoms with Crippen molar-refractivity contribution in [2.75, 3.05) is 13.1 Å². The second-order valence-corrected chi connectivity index (χ2v) is 4.68. The molecule has 0 spiro atoms. The van der Waals surface area contributed by atoms with Gasteiger partial charge in [-0.3, -0.25) is 0 Å². The quantitative estimate of drug-likeness (QED) is 0.467. The average Bonchev–Trinajstić information content (AvgIpc) is 2.31. The van der Waals surface area contributed by atoms with Crippen molar-refractivity contribution in [2.24, 2.45) is 5.73 Å². The lowest BCUT2D eigenvalue weighted by Gasteiger charge is -2.29. The zero-order valence-electron chi connectivity index (χ0n) is 11.2. The van der Waals surface area contributed by atoms with Crippen molar-refractivity contribution >= 4 is 0 Å². The maximum Gasteiger partial charge on any atom is 0.0276 e. The van der Waals surface area contributed by atoms with E-state index in [4.69, 9.17) is 5.73 Å². The lowest BCUT2D eigenvalue weighted by Crippen LogP contribution is -2.48. The minimum Gasteiger partial charge on any atom is -0.329 e. The zero-order chi connectivity index (χ0) is 12.3. The Morgan fingerprint density at radius 2 is 2.00 bits per heavy atom. The molecule has 1 unspecified atom stereocenters. The van der Waals surface area contributed by atoms with Crippen LogP contribution in [0.2, 0.25) is 0 Å². The highest BCUT2D eigenvalue weighted by Crippen LogP contribution is 2.14. The van der Waals surface area contributed by atoms with Crippen LogP contribution in [-0.4, -0.2) is 18.6 Å². The van der Waals surface area contributed by atoms with Crippen molar-refractivity contribution in [1.29, 1.82) is 0 Å². The van der Waals surface area contributed by atoms with Crippen LogP contribution in [-0.2, 0) is 0 Å². The zero-order valence-corrected chi connectivity index (χ0v) is 11.2. The smallest absolute Gasteiger partial charge is 0.0276 e. The molecule has 0 rings (SSSR count). The van der Waals surface area contributed by atoms with E-state index in [1.165, 1.54) is 32.1 Å². The molecule has 0 aromatic heterocycles. The lowest BCUT2D eigenvalue weighted by molar-refractivity contribution is 0.330. The molecular weight excluding hydrogens is 196 g/mol. The first-order valence-corrected chi connectivity index (χ1v) is 6.53. The van der Waals surface area contributed by atoms with E-state index in [2.05, 4.69) is 31.0 Å². The van der Waals surface area contributed by atoms with E-state index in [-0.39, 0.29) is 5.54 Å². The van der Waals surface area contributed by atoms with Gasteiger partial charge in [0.2, 0.25) is 0 Å². The summed E-state index contributed by atoms with van der Waals surface area (Å²) < 4.78 is 0. The van der Waals surface area contributed by atoms with E-state index in [1.54, 1.807) is 0 Å². The van der Waals surface area contributed by atoms with Crippen molar-refractivity contribution < 1.29 is 0 Å². The SMILES string of the molecule is CC#CCCNC(C)(CN)CCCCCC. The van der Waals surface area contributed by atoms with Gasteiger partial charge in [-0.25, -0.2) is 0 Å². The Hall–Kier alpha value is -0.520. The van der Waals surface area contributed by atoms with Crippen molar-refractivity contribution in [3.63, 3.8) is 0 Å². The predicted octanol–water partition coefficient (Wildman–Crippen LogP) is 2.68. The lowest BCUT2D eigenvalue weighted by atomic mass is 9.94. The standard InChI is InChI=1S/C14H28N2/c1-4-6-8-9-11-14(3,13-15)16-12-10-7-5-2/h16H,4,6,8-13,15H2,1-3H3. The molecule has 0 aliphatic heterocycles. The van der Waals surface area contributed by atoms with Crippen LogP contribution < -0.4 is 11.1 Å². The van der Waals surface area contributed by atoms with Crippen LogP contribution in [0.5, 0.6) is 0 Å². The third-order valence-electron chi connectivity index (χ3n) is 3.01. The summed E-state index contributed by atoms with van der Waals surface area (Å²) in [6.07, 6.45) is 7.31. The maximum absolute atomic E-state index is 5.84. The molecule has 0 aliphatic rings. The summed E-state index contributed by atoms with van der Waals surface area (Å²) in [6.45, 7) is 8.00. The van der Waals surface area contributed by atoms with Gasteiger partial charge in [-0.2, -0.15) is 0 Å². The Balaban J connectivity index is 3.75. The topological polar surface area (TPSA) is 38.0 Å². The molecule has 0 aromatic carbocycles. The summed E-state index contributed by atoms with van der Waals surface area (Å²) in [6, 6.07) is 0. The van der Waals surface area contributed by atoms with Crippen LogP contribution >= 0.6 is 0 Å². The molecule has 0 heterocycles. The van der Waals surface area contributed by atoms with Gasteiger partial charge in [0.25, 0.3) is 0 Å². The summed E-state index contributed by atoms with van der Waals surface area (Å²) in [7, 11) is 0. The van der Waals surface area contributed by atoms with Gasteiger partial charge < -0.3 is 11.1 Å². The van der Waals surface area contributed by atoms with Crippen LogP contribution in [0, 0.1) is 11.8 Å². The third-order valence-corrected chi connectivity index (χ3v) is 3.01. The van der Waals surface area contributed by atoms with E-state index in [1.807, 2.05) is 6.92 Å². The Kier molecular flexibility index (Phi) is 9.37. The molecule has 16 heavy (non-hydrogen) atoms. The Labute approximate surface area is 101 Å². The number of rotatable bonds is 9. The molecule has 0 amide bonds. The van der Waals surface area contributed by atoms with E-state index in [0.29, 0.717) is 6.54 Å². The fourth-order valence-corrected chi connectivity index (χ4v) is 1.76. The highest BCUT2D eigenvalue weighted by Gasteiger charge is 2.20. The van der Waals surface area contributed by atoms with Crippen molar-refractivity contribution in [1.82, 2.24) is 5.32 Å². The number of hydrogen-bond donors (Lipinski definition) is 2. The number of nitrogens with two attached hydrogens (primary N) is 1. The first kappa shape index (κ1) is 15.5. The average molecular weight is 224 g/mol. The van der Waals surface area contributed by atoms with Crippen LogP contribution in [0.1, 0.15) is 59.3 Å². The van der Waals surface area contributed by atoms with Crippen LogP contribution in [0.4, 0.5) is 0 Å². The van der Waals surface area contributed by atoms with Gasteiger partial charge in [0.05, 0.1) is 0 Å². The van der Waals surface area contributed by atoms with Crippen LogP contribution in [0.25, 0.3) is 0 Å². The predicted molar refractivity (Wildman–Crippen MR) is 72.3 cm³/mol. The van der Waals surface area contributed by atoms with Gasteiger partial charge in [0, 0.05) is 25.0 Å². The van der Waals surface area contributed by atoms with Gasteiger partial charge in [-0.15, -0.1) is 11.8 Å². The van der Waals surface area contributed by atoms with Gasteiger partial charge in [-0.1, -0.05) is 32.6 Å². The Morgan fingerprint density at radius 3 is 2.56 bits per heavy atom. The maximum atomic E-state index is 5.84. The Morgan fingerprint density at radius 1 is 1.25 bits per heavy atom. The minimum absolute atomic E-state index is 0.100. The molecule has 0 fully saturated rings. The summed E-state index contributed by atoms with van der Waals surface area (Å²) in [5.74, 6) is 5.98. The monoisotopic (exact) mass is 224 g/mol. The molecule has 0 radical (unpaired) electrons. The van der Waals surface area contributed by atoms with Crippen molar-refractivity contribution in [2.45, 2.75) is 64.8 Å². The Bertz CT molecular complexity index is 215. The summed E-state index contributed by atoms with van der Waals surface area (Å²) in [4.78, 5) is 0. The summed E-state index contributed by atoms with van der Waals surface area (Å²) >= 11 is 0. The van der Waals surface area contributed by atoms with Crippen LogP contribution in [0.15, 0.2) is 0 Å². The molecule has 3 N–H and O–H groups in total. The van der Waals surface area contributed by atoms with Gasteiger partial charge in [0.15, 0.2) is 0 Å². The van der Waals surface area contributed by atoms with E-state index in [9.17, 15) is 0 Å². The normalized spacial score (nSPS) is 14.0. The van der Waals surface area contributed by atoms with E-state index < -0.39 is 0 Å². The molecule has 2 heteroatoms. The highest BCUT2D eigenvalue weighted by molar-refractivity contribution is 4.96. The summed E-state index contributed by atoms with van der Waals surface area (Å²) in [5.41, 5.74) is 5.94. The first-order valence-electron chi connectivity index (χ1n) is 6.53. The number of unbranched alkanes of at least 4 members (excludes halogenated alkanes) is 3. The first-order chi connectivity index (χ1) is 7.68. The molecular formula is C14H28N2. The molecule has 0 bridgehead atoms. The second kappa shape index (κ2) is 9.69. The molecule has 94 valence electrons. The highest BCUT2D eigenvalue weighted by atomic mass is 15.0. The fraction of sp³-hybridized carbons (Fsp3) is 0.857. The number of nitrogens with one attached hydrogen (secondary N) is 1. The fourth-order valence-electron chi connectivity index (χ4n) is 1.76. The van der Waals surface area contributed by atoms with E-state index in [0.717, 1.165) is 13.0 Å².